The minimum atomic E-state index is -1.18. The Labute approximate surface area is 246 Å². The molecule has 2 aliphatic heterocycles. The third-order valence-electron chi connectivity index (χ3n) is 6.38. The largest absolute Gasteiger partial charge is 0.489 e. The van der Waals surface area contributed by atoms with Crippen molar-refractivity contribution in [1.29, 1.82) is 0 Å². The van der Waals surface area contributed by atoms with Gasteiger partial charge in [0.15, 0.2) is 12.4 Å². The summed E-state index contributed by atoms with van der Waals surface area (Å²) in [6, 6.07) is 8.94. The first kappa shape index (κ1) is 31.2. The summed E-state index contributed by atoms with van der Waals surface area (Å²) in [4.78, 5) is 65.1. The van der Waals surface area contributed by atoms with Gasteiger partial charge in [-0.25, -0.2) is 4.79 Å². The molecule has 14 heteroatoms. The first-order valence-corrected chi connectivity index (χ1v) is 12.9. The number of benzene rings is 2. The van der Waals surface area contributed by atoms with E-state index in [1.165, 1.54) is 17.0 Å². The summed E-state index contributed by atoms with van der Waals surface area (Å²) in [7, 11) is 0. The van der Waals surface area contributed by atoms with Crippen LogP contribution >= 0.6 is 35.6 Å². The number of para-hydroxylation sites is 2. The lowest BCUT2D eigenvalue weighted by Crippen LogP contribution is -2.52. The van der Waals surface area contributed by atoms with Gasteiger partial charge in [0.25, 0.3) is 0 Å². The van der Waals surface area contributed by atoms with Crippen LogP contribution in [0, 0.1) is 5.92 Å². The number of ketones is 1. The molecule has 0 aromatic heterocycles. The van der Waals surface area contributed by atoms with Gasteiger partial charge in [0.05, 0.1) is 27.3 Å². The molecule has 3 atom stereocenters. The van der Waals surface area contributed by atoms with Crippen LogP contribution in [0.25, 0.3) is 0 Å². The number of hydrogen-bond acceptors (Lipinski definition) is 8. The average molecular weight is 614 g/mol. The van der Waals surface area contributed by atoms with E-state index in [-0.39, 0.29) is 47.0 Å². The Bertz CT molecular complexity index is 1290. The van der Waals surface area contributed by atoms with Crippen molar-refractivity contribution in [3.05, 3.63) is 58.1 Å². The fourth-order valence-electron chi connectivity index (χ4n) is 4.35. The first-order chi connectivity index (χ1) is 18.7. The summed E-state index contributed by atoms with van der Waals surface area (Å²) in [5, 5.41) is 5.39. The fraction of sp³-hybridized carbons (Fsp3) is 0.346. The van der Waals surface area contributed by atoms with Crippen molar-refractivity contribution in [2.75, 3.05) is 31.2 Å². The summed E-state index contributed by atoms with van der Waals surface area (Å²) < 4.78 is 10.7. The molecule has 0 saturated carbocycles. The zero-order valence-electron chi connectivity index (χ0n) is 21.1. The smallest absolute Gasteiger partial charge is 0.341 e. The Hall–Kier alpha value is -3.38. The van der Waals surface area contributed by atoms with Crippen LogP contribution in [0.3, 0.4) is 0 Å². The molecule has 0 unspecified atom stereocenters. The van der Waals surface area contributed by atoms with Crippen LogP contribution in [0.2, 0.25) is 10.0 Å². The van der Waals surface area contributed by atoms with Gasteiger partial charge < -0.3 is 25.8 Å². The Morgan fingerprint density at radius 1 is 1.12 bits per heavy atom. The number of Topliss-reactive ketones (excluding diaryl/α,β-unsaturated/α-hetero) is 1. The lowest BCUT2D eigenvalue weighted by atomic mass is 9.96. The van der Waals surface area contributed by atoms with Gasteiger partial charge in [-0.05, 0) is 37.1 Å². The van der Waals surface area contributed by atoms with Crippen LogP contribution < -0.4 is 26.0 Å². The van der Waals surface area contributed by atoms with Crippen molar-refractivity contribution < 1.29 is 33.4 Å². The molecule has 4 N–H and O–H groups in total. The molecule has 0 bridgehead atoms. The molecule has 1 saturated heterocycles. The second kappa shape index (κ2) is 13.8. The van der Waals surface area contributed by atoms with Crippen LogP contribution in [-0.4, -0.2) is 67.9 Å². The number of fused-ring (bicyclic) bond motifs is 1. The van der Waals surface area contributed by atoms with Crippen LogP contribution in [0.1, 0.15) is 23.2 Å². The number of hydrogen-bond donors (Lipinski definition) is 3. The molecule has 2 aromatic carbocycles. The number of nitrogens with zero attached hydrogens (tertiary/aromatic N) is 1. The molecule has 4 rings (SSSR count). The van der Waals surface area contributed by atoms with E-state index in [2.05, 4.69) is 10.6 Å². The molecule has 0 aliphatic carbocycles. The van der Waals surface area contributed by atoms with E-state index in [0.29, 0.717) is 24.4 Å². The Balaban J connectivity index is 0.00000441. The third kappa shape index (κ3) is 7.22. The molecule has 0 radical (unpaired) electrons. The van der Waals surface area contributed by atoms with E-state index in [1.807, 2.05) is 0 Å². The molecular weight excluding hydrogens is 587 g/mol. The van der Waals surface area contributed by atoms with Gasteiger partial charge in [0.2, 0.25) is 17.7 Å². The predicted octanol–water partition coefficient (Wildman–Crippen LogP) is 1.90. The number of amides is 3. The van der Waals surface area contributed by atoms with E-state index >= 15 is 0 Å². The fourth-order valence-corrected chi connectivity index (χ4v) is 4.90. The standard InChI is InChI=1S/C26H26Cl2N4O7.ClH/c27-15-4-3-5-16(28)23(15)26(37)39-13-20(33)18(10-14-8-9-30-24(14)35)31-22(34)11-32-19-6-1-2-7-21(19)38-12-17(29)25(32)36;/h1-7,14,17-18H,8-13,29H2,(H,30,35)(H,31,34);1H/t14-,17-,18-;/m0./s1. The summed E-state index contributed by atoms with van der Waals surface area (Å²) >= 11 is 12.1. The van der Waals surface area contributed by atoms with Crippen molar-refractivity contribution >= 4 is 70.8 Å². The highest BCUT2D eigenvalue weighted by molar-refractivity contribution is 6.39. The van der Waals surface area contributed by atoms with Crippen LogP contribution in [0.15, 0.2) is 42.5 Å². The van der Waals surface area contributed by atoms with Crippen molar-refractivity contribution in [3.8, 4) is 5.75 Å². The number of ether oxygens (including phenoxy) is 2. The molecule has 3 amide bonds. The van der Waals surface area contributed by atoms with E-state index in [0.717, 1.165) is 0 Å². The molecule has 2 aromatic rings. The van der Waals surface area contributed by atoms with Gasteiger partial charge in [-0.3, -0.25) is 24.1 Å². The molecule has 2 heterocycles. The maximum absolute atomic E-state index is 13.1. The van der Waals surface area contributed by atoms with Crippen LogP contribution in [0.4, 0.5) is 5.69 Å². The Morgan fingerprint density at radius 2 is 1.82 bits per heavy atom. The van der Waals surface area contributed by atoms with Crippen molar-refractivity contribution in [2.24, 2.45) is 11.7 Å². The Kier molecular flexibility index (Phi) is 10.7. The summed E-state index contributed by atoms with van der Waals surface area (Å²) in [6.07, 6.45) is 0.450. The number of carbonyl (C=O) groups excluding carboxylic acids is 5. The van der Waals surface area contributed by atoms with E-state index in [4.69, 9.17) is 38.4 Å². The number of halogens is 3. The van der Waals surface area contributed by atoms with Gasteiger partial charge in [0, 0.05) is 12.5 Å². The molecular formula is C26H27Cl3N4O7. The monoisotopic (exact) mass is 612 g/mol. The SMILES string of the molecule is Cl.N[C@H]1COc2ccccc2N(CC(=O)N[C@@H](C[C@@H]2CCNC2=O)C(=O)COC(=O)c2c(Cl)cccc2Cl)C1=O. The van der Waals surface area contributed by atoms with Gasteiger partial charge in [-0.15, -0.1) is 12.4 Å². The van der Waals surface area contributed by atoms with Crippen LogP contribution in [-0.2, 0) is 23.9 Å². The van der Waals surface area contributed by atoms with Gasteiger partial charge >= 0.3 is 5.97 Å². The zero-order chi connectivity index (χ0) is 28.1. The second-order valence-electron chi connectivity index (χ2n) is 9.08. The number of anilines is 1. The van der Waals surface area contributed by atoms with Crippen molar-refractivity contribution in [1.82, 2.24) is 10.6 Å². The van der Waals surface area contributed by atoms with E-state index in [9.17, 15) is 24.0 Å². The van der Waals surface area contributed by atoms with Crippen molar-refractivity contribution in [3.63, 3.8) is 0 Å². The quantitative estimate of drug-likeness (QED) is 0.362. The van der Waals surface area contributed by atoms with Gasteiger partial charge in [0.1, 0.15) is 24.9 Å². The van der Waals surface area contributed by atoms with Gasteiger partial charge in [-0.1, -0.05) is 41.4 Å². The van der Waals surface area contributed by atoms with E-state index in [1.54, 1.807) is 30.3 Å². The predicted molar refractivity (Wildman–Crippen MR) is 149 cm³/mol. The highest BCUT2D eigenvalue weighted by Gasteiger charge is 2.34. The minimum Gasteiger partial charge on any atom is -0.489 e. The molecule has 2 aliphatic rings. The number of esters is 1. The number of carbonyl (C=O) groups is 5. The summed E-state index contributed by atoms with van der Waals surface area (Å²) in [6.45, 7) is -0.783. The van der Waals surface area contributed by atoms with Gasteiger partial charge in [-0.2, -0.15) is 0 Å². The topological polar surface area (TPSA) is 157 Å². The highest BCUT2D eigenvalue weighted by atomic mass is 35.5. The lowest BCUT2D eigenvalue weighted by molar-refractivity contribution is -0.130. The lowest BCUT2D eigenvalue weighted by Gasteiger charge is -2.25. The first-order valence-electron chi connectivity index (χ1n) is 12.2. The molecule has 0 spiro atoms. The Morgan fingerprint density at radius 3 is 2.50 bits per heavy atom. The second-order valence-corrected chi connectivity index (χ2v) is 9.90. The zero-order valence-corrected chi connectivity index (χ0v) is 23.4. The molecule has 214 valence electrons. The molecule has 1 fully saturated rings. The van der Waals surface area contributed by atoms with E-state index < -0.39 is 54.7 Å². The minimum absolute atomic E-state index is 0. The maximum atomic E-state index is 13.1. The average Bonchev–Trinajstić information content (AvgIpc) is 3.27. The summed E-state index contributed by atoms with van der Waals surface area (Å²) in [5.74, 6) is -3.17. The maximum Gasteiger partial charge on any atom is 0.341 e. The highest BCUT2D eigenvalue weighted by Crippen LogP contribution is 2.30. The van der Waals surface area contributed by atoms with Crippen LogP contribution in [0.5, 0.6) is 5.75 Å². The van der Waals surface area contributed by atoms with Crippen molar-refractivity contribution in [2.45, 2.75) is 24.9 Å². The third-order valence-corrected chi connectivity index (χ3v) is 7.01. The normalized spacial score (nSPS) is 18.8. The summed E-state index contributed by atoms with van der Waals surface area (Å²) in [5.41, 5.74) is 6.18. The molecule has 40 heavy (non-hydrogen) atoms. The molecule has 11 nitrogen and oxygen atoms in total. The number of rotatable bonds is 9. The number of nitrogens with two attached hydrogens (primary N) is 1. The number of nitrogens with one attached hydrogen (secondary N) is 2.